The summed E-state index contributed by atoms with van der Waals surface area (Å²) >= 11 is 0. The van der Waals surface area contributed by atoms with E-state index < -0.39 is 0 Å². The highest BCUT2D eigenvalue weighted by Crippen LogP contribution is 2.28. The maximum Gasteiger partial charge on any atom is 0.125 e. The van der Waals surface area contributed by atoms with Crippen LogP contribution in [0.3, 0.4) is 0 Å². The summed E-state index contributed by atoms with van der Waals surface area (Å²) in [6.07, 6.45) is 5.06. The molecule has 1 unspecified atom stereocenters. The molecule has 0 spiro atoms. The number of aromatic nitrogens is 3. The van der Waals surface area contributed by atoms with Crippen molar-refractivity contribution in [2.45, 2.75) is 32.2 Å². The molecule has 2 aromatic heterocycles. The summed E-state index contributed by atoms with van der Waals surface area (Å²) in [7, 11) is 0. The van der Waals surface area contributed by atoms with Crippen molar-refractivity contribution in [2.24, 2.45) is 0 Å². The first-order valence-corrected chi connectivity index (χ1v) is 6.61. The molecule has 4 heteroatoms. The molecule has 0 fully saturated rings. The Balaban J connectivity index is 1.96. The van der Waals surface area contributed by atoms with Gasteiger partial charge >= 0.3 is 0 Å². The van der Waals surface area contributed by atoms with Crippen molar-refractivity contribution in [2.75, 3.05) is 11.9 Å². The second-order valence-electron chi connectivity index (χ2n) is 4.70. The second-order valence-corrected chi connectivity index (χ2v) is 4.70. The van der Waals surface area contributed by atoms with Crippen molar-refractivity contribution >= 4 is 5.82 Å². The van der Waals surface area contributed by atoms with Gasteiger partial charge in [0.2, 0.25) is 0 Å². The van der Waals surface area contributed by atoms with Crippen molar-refractivity contribution in [1.29, 1.82) is 0 Å². The number of anilines is 1. The number of aryl methyl sites for hydroxylation is 1. The Bertz CT molecular complexity index is 518. The van der Waals surface area contributed by atoms with Crippen molar-refractivity contribution < 1.29 is 0 Å². The van der Waals surface area contributed by atoms with Gasteiger partial charge in [0.1, 0.15) is 5.82 Å². The average Bonchev–Trinajstić information content (AvgIpc) is 2.82. The third kappa shape index (κ3) is 1.98. The van der Waals surface area contributed by atoms with Crippen LogP contribution in [0.1, 0.15) is 37.2 Å². The lowest BCUT2D eigenvalue weighted by molar-refractivity contribution is 0.468. The van der Waals surface area contributed by atoms with Crippen LogP contribution in [0.5, 0.6) is 0 Å². The summed E-state index contributed by atoms with van der Waals surface area (Å²) in [5.41, 5.74) is 2.27. The summed E-state index contributed by atoms with van der Waals surface area (Å²) in [5, 5.41) is 8.13. The van der Waals surface area contributed by atoms with Gasteiger partial charge in [-0.3, -0.25) is 4.98 Å². The number of nitrogens with zero attached hydrogens (tertiary/aromatic N) is 3. The third-order valence-corrected chi connectivity index (χ3v) is 3.34. The van der Waals surface area contributed by atoms with Crippen molar-refractivity contribution in [3.63, 3.8) is 0 Å². The van der Waals surface area contributed by atoms with Gasteiger partial charge < -0.3 is 5.32 Å². The first-order chi connectivity index (χ1) is 8.88. The van der Waals surface area contributed by atoms with Gasteiger partial charge in [0.25, 0.3) is 0 Å². The smallest absolute Gasteiger partial charge is 0.125 e. The minimum atomic E-state index is 0.271. The van der Waals surface area contributed by atoms with Crippen LogP contribution >= 0.6 is 0 Å². The largest absolute Gasteiger partial charge is 0.370 e. The molecular formula is C14H18N4. The SMILES string of the molecule is CCCc1cc2n(n1)C(c1ccccn1)CCN2. The average molecular weight is 242 g/mol. The van der Waals surface area contributed by atoms with Crippen LogP contribution in [-0.2, 0) is 6.42 Å². The molecule has 0 radical (unpaired) electrons. The van der Waals surface area contributed by atoms with E-state index in [1.165, 1.54) is 5.69 Å². The lowest BCUT2D eigenvalue weighted by atomic mass is 10.1. The molecule has 0 aromatic carbocycles. The molecule has 18 heavy (non-hydrogen) atoms. The van der Waals surface area contributed by atoms with Crippen molar-refractivity contribution in [3.8, 4) is 0 Å². The minimum Gasteiger partial charge on any atom is -0.370 e. The standard InChI is InChI=1S/C14H18N4/c1-2-5-11-10-14-16-9-7-13(18(14)17-11)12-6-3-4-8-15-12/h3-4,6,8,10,13,16H,2,5,7,9H2,1H3. The van der Waals surface area contributed by atoms with E-state index in [9.17, 15) is 0 Å². The van der Waals surface area contributed by atoms with Crippen LogP contribution in [0.25, 0.3) is 0 Å². The highest BCUT2D eigenvalue weighted by Gasteiger charge is 2.23. The zero-order valence-corrected chi connectivity index (χ0v) is 10.6. The van der Waals surface area contributed by atoms with E-state index in [1.807, 2.05) is 18.3 Å². The molecule has 1 atom stereocenters. The zero-order valence-electron chi connectivity index (χ0n) is 10.6. The van der Waals surface area contributed by atoms with E-state index in [4.69, 9.17) is 5.10 Å². The summed E-state index contributed by atoms with van der Waals surface area (Å²) in [6.45, 7) is 3.17. The Morgan fingerprint density at radius 1 is 1.44 bits per heavy atom. The van der Waals surface area contributed by atoms with Gasteiger partial charge in [-0.05, 0) is 25.0 Å². The van der Waals surface area contributed by atoms with E-state index in [1.54, 1.807) is 0 Å². The highest BCUT2D eigenvalue weighted by atomic mass is 15.4. The topological polar surface area (TPSA) is 42.7 Å². The maximum absolute atomic E-state index is 4.71. The first kappa shape index (κ1) is 11.3. The van der Waals surface area contributed by atoms with E-state index in [0.717, 1.165) is 37.3 Å². The summed E-state index contributed by atoms with van der Waals surface area (Å²) in [4.78, 5) is 4.47. The Kier molecular flexibility index (Phi) is 3.00. The van der Waals surface area contributed by atoms with Gasteiger partial charge in [0.05, 0.1) is 17.4 Å². The van der Waals surface area contributed by atoms with Crippen LogP contribution < -0.4 is 5.32 Å². The Morgan fingerprint density at radius 3 is 3.17 bits per heavy atom. The van der Waals surface area contributed by atoms with E-state index in [0.29, 0.717) is 0 Å². The van der Waals surface area contributed by atoms with Gasteiger partial charge in [-0.1, -0.05) is 19.4 Å². The van der Waals surface area contributed by atoms with Gasteiger partial charge in [0.15, 0.2) is 0 Å². The van der Waals surface area contributed by atoms with Crippen LogP contribution in [0.15, 0.2) is 30.5 Å². The fraction of sp³-hybridized carbons (Fsp3) is 0.429. The molecular weight excluding hydrogens is 224 g/mol. The molecule has 0 saturated carbocycles. The predicted molar refractivity (Wildman–Crippen MR) is 71.7 cm³/mol. The number of pyridine rings is 1. The van der Waals surface area contributed by atoms with Gasteiger partial charge in [-0.2, -0.15) is 5.10 Å². The molecule has 2 aromatic rings. The van der Waals surface area contributed by atoms with Crippen molar-refractivity contribution in [1.82, 2.24) is 14.8 Å². The lowest BCUT2D eigenvalue weighted by Gasteiger charge is -2.25. The summed E-state index contributed by atoms with van der Waals surface area (Å²) in [6, 6.07) is 8.52. The molecule has 3 rings (SSSR count). The van der Waals surface area contributed by atoms with Gasteiger partial charge in [0, 0.05) is 18.8 Å². The number of hydrogen-bond donors (Lipinski definition) is 1. The number of hydrogen-bond acceptors (Lipinski definition) is 3. The third-order valence-electron chi connectivity index (χ3n) is 3.34. The fourth-order valence-corrected chi connectivity index (χ4v) is 2.50. The Hall–Kier alpha value is -1.84. The zero-order chi connectivity index (χ0) is 12.4. The molecule has 0 bridgehead atoms. The molecule has 1 aliphatic rings. The maximum atomic E-state index is 4.71. The minimum absolute atomic E-state index is 0.271. The number of nitrogens with one attached hydrogen (secondary N) is 1. The fourth-order valence-electron chi connectivity index (χ4n) is 2.50. The quantitative estimate of drug-likeness (QED) is 0.899. The molecule has 4 nitrogen and oxygen atoms in total. The molecule has 1 N–H and O–H groups in total. The van der Waals surface area contributed by atoms with Crippen LogP contribution in [-0.4, -0.2) is 21.3 Å². The molecule has 94 valence electrons. The molecule has 0 aliphatic carbocycles. The first-order valence-electron chi connectivity index (χ1n) is 6.61. The normalized spacial score (nSPS) is 18.2. The molecule has 0 saturated heterocycles. The lowest BCUT2D eigenvalue weighted by Crippen LogP contribution is -2.24. The number of fused-ring (bicyclic) bond motifs is 1. The van der Waals surface area contributed by atoms with Crippen LogP contribution in [0, 0.1) is 0 Å². The summed E-state index contributed by atoms with van der Waals surface area (Å²) < 4.78 is 2.09. The Labute approximate surface area is 107 Å². The molecule has 1 aliphatic heterocycles. The predicted octanol–water partition coefficient (Wildman–Crippen LogP) is 2.64. The monoisotopic (exact) mass is 242 g/mol. The van der Waals surface area contributed by atoms with Crippen LogP contribution in [0.2, 0.25) is 0 Å². The van der Waals surface area contributed by atoms with Crippen molar-refractivity contribution in [3.05, 3.63) is 41.9 Å². The van der Waals surface area contributed by atoms with Gasteiger partial charge in [-0.15, -0.1) is 0 Å². The van der Waals surface area contributed by atoms with Crippen LogP contribution in [0.4, 0.5) is 5.82 Å². The van der Waals surface area contributed by atoms with E-state index in [-0.39, 0.29) is 6.04 Å². The van der Waals surface area contributed by atoms with E-state index in [2.05, 4.69) is 34.0 Å². The second kappa shape index (κ2) is 4.80. The highest BCUT2D eigenvalue weighted by molar-refractivity contribution is 5.40. The Morgan fingerprint density at radius 2 is 2.39 bits per heavy atom. The van der Waals surface area contributed by atoms with Gasteiger partial charge in [-0.25, -0.2) is 4.68 Å². The summed E-state index contributed by atoms with van der Waals surface area (Å²) in [5.74, 6) is 1.13. The van der Waals surface area contributed by atoms with E-state index >= 15 is 0 Å². The molecule has 3 heterocycles. The molecule has 0 amide bonds. The number of rotatable bonds is 3.